The third-order valence-electron chi connectivity index (χ3n) is 3.06. The molecule has 1 aromatic rings. The van der Waals surface area contributed by atoms with Gasteiger partial charge in [0.15, 0.2) is 0 Å². The minimum Gasteiger partial charge on any atom is -0.447 e. The SMILES string of the molecule is CN(OCc1ccccc1)C(=O)OCC1C=CCC1. The maximum absolute atomic E-state index is 11.7. The van der Waals surface area contributed by atoms with Crippen molar-refractivity contribution < 1.29 is 14.4 Å². The van der Waals surface area contributed by atoms with E-state index in [2.05, 4.69) is 12.2 Å². The van der Waals surface area contributed by atoms with E-state index in [4.69, 9.17) is 9.57 Å². The molecule has 0 spiro atoms. The summed E-state index contributed by atoms with van der Waals surface area (Å²) in [5.74, 6) is 0.353. The molecule has 0 saturated heterocycles. The molecule has 0 N–H and O–H groups in total. The number of nitrogens with zero attached hydrogens (tertiary/aromatic N) is 1. The first-order valence-electron chi connectivity index (χ1n) is 6.49. The van der Waals surface area contributed by atoms with Crippen molar-refractivity contribution in [1.29, 1.82) is 0 Å². The van der Waals surface area contributed by atoms with Gasteiger partial charge < -0.3 is 4.74 Å². The first-order valence-corrected chi connectivity index (χ1v) is 6.49. The molecule has 0 heterocycles. The van der Waals surface area contributed by atoms with Gasteiger partial charge in [-0.1, -0.05) is 42.5 Å². The summed E-state index contributed by atoms with van der Waals surface area (Å²) in [6.45, 7) is 0.782. The monoisotopic (exact) mass is 261 g/mol. The van der Waals surface area contributed by atoms with Crippen LogP contribution in [0.25, 0.3) is 0 Å². The number of benzene rings is 1. The third-order valence-corrected chi connectivity index (χ3v) is 3.06. The lowest BCUT2D eigenvalue weighted by Gasteiger charge is -2.17. The van der Waals surface area contributed by atoms with Gasteiger partial charge in [-0.3, -0.25) is 4.84 Å². The van der Waals surface area contributed by atoms with E-state index in [1.165, 1.54) is 0 Å². The highest BCUT2D eigenvalue weighted by atomic mass is 16.7. The standard InChI is InChI=1S/C15H19NO3/c1-16(19-12-14-7-3-2-4-8-14)15(17)18-11-13-9-5-6-10-13/h2-5,7-9,13H,6,10-12H2,1H3. The number of allylic oxidation sites excluding steroid dienone is 1. The highest BCUT2D eigenvalue weighted by Gasteiger charge is 2.15. The Kier molecular flexibility index (Phi) is 4.98. The molecule has 19 heavy (non-hydrogen) atoms. The Labute approximate surface area is 113 Å². The minimum atomic E-state index is -0.448. The minimum absolute atomic E-state index is 0.353. The summed E-state index contributed by atoms with van der Waals surface area (Å²) in [6, 6.07) is 9.70. The van der Waals surface area contributed by atoms with E-state index >= 15 is 0 Å². The van der Waals surface area contributed by atoms with Crippen LogP contribution in [0, 0.1) is 5.92 Å². The zero-order valence-electron chi connectivity index (χ0n) is 11.1. The summed E-state index contributed by atoms with van der Waals surface area (Å²) < 4.78 is 5.19. The molecule has 4 heteroatoms. The lowest BCUT2D eigenvalue weighted by atomic mass is 10.1. The molecule has 102 valence electrons. The predicted octanol–water partition coefficient (Wildman–Crippen LogP) is 3.15. The first kappa shape index (κ1) is 13.6. The van der Waals surface area contributed by atoms with Crippen LogP contribution in [0.3, 0.4) is 0 Å². The van der Waals surface area contributed by atoms with E-state index in [1.54, 1.807) is 7.05 Å². The van der Waals surface area contributed by atoms with Gasteiger partial charge in [-0.05, 0) is 18.4 Å². The molecule has 1 amide bonds. The molecule has 1 aliphatic rings. The average molecular weight is 261 g/mol. The summed E-state index contributed by atoms with van der Waals surface area (Å²) in [7, 11) is 1.57. The molecule has 4 nitrogen and oxygen atoms in total. The quantitative estimate of drug-likeness (QED) is 0.603. The summed E-state index contributed by atoms with van der Waals surface area (Å²) >= 11 is 0. The van der Waals surface area contributed by atoms with E-state index in [1.807, 2.05) is 30.3 Å². The van der Waals surface area contributed by atoms with Gasteiger partial charge in [-0.25, -0.2) is 4.79 Å². The van der Waals surface area contributed by atoms with Gasteiger partial charge in [-0.2, -0.15) is 5.06 Å². The van der Waals surface area contributed by atoms with E-state index < -0.39 is 6.09 Å². The number of ether oxygens (including phenoxy) is 1. The fraction of sp³-hybridized carbons (Fsp3) is 0.400. The molecule has 1 unspecified atom stereocenters. The average Bonchev–Trinajstić information content (AvgIpc) is 2.96. The van der Waals surface area contributed by atoms with Crippen LogP contribution in [-0.2, 0) is 16.2 Å². The van der Waals surface area contributed by atoms with E-state index in [9.17, 15) is 4.79 Å². The van der Waals surface area contributed by atoms with Crippen molar-refractivity contribution in [2.75, 3.05) is 13.7 Å². The zero-order chi connectivity index (χ0) is 13.5. The number of amides is 1. The van der Waals surface area contributed by atoms with Crippen LogP contribution in [-0.4, -0.2) is 24.8 Å². The Morgan fingerprint density at radius 2 is 2.16 bits per heavy atom. The lowest BCUT2D eigenvalue weighted by Crippen LogP contribution is -2.28. The van der Waals surface area contributed by atoms with Crippen LogP contribution in [0.5, 0.6) is 0 Å². The van der Waals surface area contributed by atoms with Crippen LogP contribution in [0.2, 0.25) is 0 Å². The molecular formula is C15H19NO3. The molecule has 0 saturated carbocycles. The molecular weight excluding hydrogens is 242 g/mol. The Morgan fingerprint density at radius 1 is 1.37 bits per heavy atom. The van der Waals surface area contributed by atoms with Crippen molar-refractivity contribution in [2.45, 2.75) is 19.4 Å². The van der Waals surface area contributed by atoms with Gasteiger partial charge in [0.05, 0.1) is 6.61 Å². The fourth-order valence-electron chi connectivity index (χ4n) is 1.90. The van der Waals surface area contributed by atoms with Crippen molar-refractivity contribution in [3.8, 4) is 0 Å². The zero-order valence-corrected chi connectivity index (χ0v) is 11.1. The first-order chi connectivity index (χ1) is 9.25. The number of carbonyl (C=O) groups excluding carboxylic acids is 1. The van der Waals surface area contributed by atoms with Gasteiger partial charge in [0.25, 0.3) is 0 Å². The van der Waals surface area contributed by atoms with Crippen molar-refractivity contribution in [2.24, 2.45) is 5.92 Å². The van der Waals surface area contributed by atoms with E-state index in [-0.39, 0.29) is 0 Å². The third kappa shape index (κ3) is 4.41. The van der Waals surface area contributed by atoms with Crippen LogP contribution < -0.4 is 0 Å². The number of rotatable bonds is 5. The maximum atomic E-state index is 11.7. The van der Waals surface area contributed by atoms with Gasteiger partial charge in [-0.15, -0.1) is 0 Å². The molecule has 2 rings (SSSR count). The van der Waals surface area contributed by atoms with Crippen molar-refractivity contribution in [1.82, 2.24) is 5.06 Å². The van der Waals surface area contributed by atoms with Crippen LogP contribution >= 0.6 is 0 Å². The van der Waals surface area contributed by atoms with Crippen molar-refractivity contribution in [3.05, 3.63) is 48.0 Å². The van der Waals surface area contributed by atoms with E-state index in [0.717, 1.165) is 23.5 Å². The second kappa shape index (κ2) is 6.95. The molecule has 1 atom stereocenters. The Hall–Kier alpha value is -1.81. The Bertz CT molecular complexity index is 430. The van der Waals surface area contributed by atoms with Crippen LogP contribution in [0.15, 0.2) is 42.5 Å². The topological polar surface area (TPSA) is 38.8 Å². The Morgan fingerprint density at radius 3 is 2.84 bits per heavy atom. The van der Waals surface area contributed by atoms with Crippen LogP contribution in [0.1, 0.15) is 18.4 Å². The largest absolute Gasteiger partial charge is 0.447 e. The number of hydrogen-bond donors (Lipinski definition) is 0. The van der Waals surface area contributed by atoms with Gasteiger partial charge in [0.1, 0.15) is 6.61 Å². The molecule has 0 bridgehead atoms. The van der Waals surface area contributed by atoms with Crippen molar-refractivity contribution >= 4 is 6.09 Å². The molecule has 0 aromatic heterocycles. The Balaban J connectivity index is 1.68. The van der Waals surface area contributed by atoms with Crippen LogP contribution in [0.4, 0.5) is 4.79 Å². The van der Waals surface area contributed by atoms with Gasteiger partial charge >= 0.3 is 6.09 Å². The second-order valence-corrected chi connectivity index (χ2v) is 4.60. The molecule has 0 fully saturated rings. The summed E-state index contributed by atoms with van der Waals surface area (Å²) in [4.78, 5) is 17.0. The molecule has 1 aromatic carbocycles. The number of hydrogen-bond acceptors (Lipinski definition) is 3. The predicted molar refractivity (Wildman–Crippen MR) is 72.2 cm³/mol. The summed E-state index contributed by atoms with van der Waals surface area (Å²) in [5.41, 5.74) is 1.01. The number of carbonyl (C=O) groups is 1. The molecule has 0 aliphatic heterocycles. The van der Waals surface area contributed by atoms with Gasteiger partial charge in [0.2, 0.25) is 0 Å². The van der Waals surface area contributed by atoms with E-state index in [0.29, 0.717) is 19.1 Å². The molecule has 0 radical (unpaired) electrons. The normalized spacial score (nSPS) is 17.4. The lowest BCUT2D eigenvalue weighted by molar-refractivity contribution is -0.130. The van der Waals surface area contributed by atoms with Gasteiger partial charge in [0, 0.05) is 13.0 Å². The summed E-state index contributed by atoms with van der Waals surface area (Å²) in [5, 5.41) is 1.14. The highest BCUT2D eigenvalue weighted by molar-refractivity contribution is 5.65. The van der Waals surface area contributed by atoms with Crippen molar-refractivity contribution in [3.63, 3.8) is 0 Å². The fourth-order valence-corrected chi connectivity index (χ4v) is 1.90. The molecule has 1 aliphatic carbocycles. The number of hydroxylamine groups is 2. The second-order valence-electron chi connectivity index (χ2n) is 4.60. The summed E-state index contributed by atoms with van der Waals surface area (Å²) in [6.07, 6.45) is 5.90. The highest BCUT2D eigenvalue weighted by Crippen LogP contribution is 2.17. The smallest absolute Gasteiger partial charge is 0.433 e. The maximum Gasteiger partial charge on any atom is 0.433 e.